The largest absolute Gasteiger partial charge is 0.343 e. The summed E-state index contributed by atoms with van der Waals surface area (Å²) in [6.07, 6.45) is 1.36. The second-order valence-corrected chi connectivity index (χ2v) is 6.33. The van der Waals surface area contributed by atoms with Gasteiger partial charge in [-0.05, 0) is 39.5 Å². The van der Waals surface area contributed by atoms with Crippen LogP contribution < -0.4 is 0 Å². The lowest BCUT2D eigenvalue weighted by atomic mass is 10.1. The topological polar surface area (TPSA) is 40.6 Å². The van der Waals surface area contributed by atoms with Crippen LogP contribution in [0.4, 0.5) is 0 Å². The predicted octanol–water partition coefficient (Wildman–Crippen LogP) is 3.80. The van der Waals surface area contributed by atoms with Crippen LogP contribution in [0.2, 0.25) is 0 Å². The summed E-state index contributed by atoms with van der Waals surface area (Å²) in [6.45, 7) is 19.7. The Morgan fingerprint density at radius 1 is 0.636 bits per heavy atom. The van der Waals surface area contributed by atoms with E-state index in [0.29, 0.717) is 24.7 Å². The van der Waals surface area contributed by atoms with Crippen LogP contribution in [0.1, 0.15) is 68.2 Å². The van der Waals surface area contributed by atoms with E-state index >= 15 is 0 Å². The summed E-state index contributed by atoms with van der Waals surface area (Å²) >= 11 is 0. The highest BCUT2D eigenvalue weighted by Crippen LogP contribution is 2.04. The molecule has 4 nitrogen and oxygen atoms in total. The van der Waals surface area contributed by atoms with Crippen molar-refractivity contribution < 1.29 is 9.59 Å². The maximum atomic E-state index is 11.3. The van der Waals surface area contributed by atoms with Gasteiger partial charge in [0.2, 0.25) is 11.8 Å². The van der Waals surface area contributed by atoms with Gasteiger partial charge in [0.15, 0.2) is 0 Å². The molecular formula is C18H38N2O2. The summed E-state index contributed by atoms with van der Waals surface area (Å²) in [5, 5.41) is 0. The van der Waals surface area contributed by atoms with Crippen LogP contribution in [0, 0.1) is 11.8 Å². The van der Waals surface area contributed by atoms with Crippen molar-refractivity contribution in [3.05, 3.63) is 0 Å². The summed E-state index contributed by atoms with van der Waals surface area (Å²) in [5.74, 6) is 1.52. The molecule has 132 valence electrons. The van der Waals surface area contributed by atoms with Gasteiger partial charge in [0.25, 0.3) is 0 Å². The van der Waals surface area contributed by atoms with Crippen molar-refractivity contribution in [1.82, 2.24) is 9.80 Å². The van der Waals surface area contributed by atoms with Crippen LogP contribution in [0.5, 0.6) is 0 Å². The number of amides is 2. The van der Waals surface area contributed by atoms with Crippen LogP contribution in [-0.4, -0.2) is 47.8 Å². The van der Waals surface area contributed by atoms with Crippen molar-refractivity contribution >= 4 is 11.8 Å². The monoisotopic (exact) mass is 314 g/mol. The number of hydrogen-bond acceptors (Lipinski definition) is 2. The Labute approximate surface area is 138 Å². The summed E-state index contributed by atoms with van der Waals surface area (Å²) in [7, 11) is 0. The molecule has 0 aromatic rings. The maximum Gasteiger partial charge on any atom is 0.222 e. The summed E-state index contributed by atoms with van der Waals surface area (Å²) < 4.78 is 0. The number of carbonyl (C=O) groups is 2. The first-order valence-electron chi connectivity index (χ1n) is 8.78. The highest BCUT2D eigenvalue weighted by atomic mass is 16.2. The first kappa shape index (κ1) is 23.2. The molecule has 0 aliphatic carbocycles. The fourth-order valence-electron chi connectivity index (χ4n) is 2.11. The Bertz CT molecular complexity index is 263. The number of carbonyl (C=O) groups excluding carboxylic acids is 2. The van der Waals surface area contributed by atoms with Crippen LogP contribution in [0.25, 0.3) is 0 Å². The lowest BCUT2D eigenvalue weighted by molar-refractivity contribution is -0.132. The fourth-order valence-corrected chi connectivity index (χ4v) is 2.11. The lowest BCUT2D eigenvalue weighted by Crippen LogP contribution is -2.31. The minimum Gasteiger partial charge on any atom is -0.343 e. The van der Waals surface area contributed by atoms with E-state index in [-0.39, 0.29) is 11.8 Å². The molecule has 0 saturated heterocycles. The summed E-state index contributed by atoms with van der Waals surface area (Å²) in [4.78, 5) is 26.4. The van der Waals surface area contributed by atoms with Gasteiger partial charge in [-0.1, -0.05) is 27.7 Å². The Morgan fingerprint density at radius 3 is 1.00 bits per heavy atom. The van der Waals surface area contributed by atoms with Gasteiger partial charge in [0, 0.05) is 39.0 Å². The Kier molecular flexibility index (Phi) is 14.3. The average molecular weight is 315 g/mol. The first-order chi connectivity index (χ1) is 10.2. The maximum absolute atomic E-state index is 11.3. The molecule has 0 rings (SSSR count). The van der Waals surface area contributed by atoms with Gasteiger partial charge in [0.05, 0.1) is 0 Å². The Balaban J connectivity index is 0. The highest BCUT2D eigenvalue weighted by Gasteiger charge is 2.11. The van der Waals surface area contributed by atoms with Crippen LogP contribution in [-0.2, 0) is 9.59 Å². The molecule has 0 bridgehead atoms. The molecule has 22 heavy (non-hydrogen) atoms. The molecule has 0 aliphatic heterocycles. The minimum absolute atomic E-state index is 0.282. The molecule has 0 unspecified atom stereocenters. The molecule has 0 aromatic heterocycles. The lowest BCUT2D eigenvalue weighted by Gasteiger charge is -2.19. The van der Waals surface area contributed by atoms with E-state index in [1.54, 1.807) is 0 Å². The summed E-state index contributed by atoms with van der Waals surface area (Å²) in [6, 6.07) is 0. The molecule has 0 aliphatic rings. The zero-order valence-corrected chi connectivity index (χ0v) is 16.1. The molecule has 0 radical (unpaired) electrons. The van der Waals surface area contributed by atoms with Crippen LogP contribution in [0.15, 0.2) is 0 Å². The van der Waals surface area contributed by atoms with Gasteiger partial charge < -0.3 is 9.80 Å². The second-order valence-electron chi connectivity index (χ2n) is 6.33. The fraction of sp³-hybridized carbons (Fsp3) is 0.889. The SMILES string of the molecule is CCN(CC)C(=O)CC(C)C.CCN(CC)C(=O)CC(C)C. The highest BCUT2D eigenvalue weighted by molar-refractivity contribution is 5.76. The third-order valence-electron chi connectivity index (χ3n) is 3.40. The standard InChI is InChI=1S/2C9H19NO/c2*1-5-10(6-2)9(11)7-8(3)4/h2*8H,5-7H2,1-4H3. The summed E-state index contributed by atoms with van der Waals surface area (Å²) in [5.41, 5.74) is 0. The molecular weight excluding hydrogens is 276 g/mol. The van der Waals surface area contributed by atoms with Crippen molar-refractivity contribution in [3.63, 3.8) is 0 Å². The van der Waals surface area contributed by atoms with Crippen molar-refractivity contribution in [2.45, 2.75) is 68.2 Å². The van der Waals surface area contributed by atoms with Crippen LogP contribution >= 0.6 is 0 Å². The molecule has 0 aromatic carbocycles. The zero-order valence-electron chi connectivity index (χ0n) is 16.1. The third kappa shape index (κ3) is 11.6. The number of nitrogens with zero attached hydrogens (tertiary/aromatic N) is 2. The second kappa shape index (κ2) is 13.6. The van der Waals surface area contributed by atoms with E-state index in [1.807, 2.05) is 37.5 Å². The molecule has 4 heteroatoms. The number of rotatable bonds is 8. The van der Waals surface area contributed by atoms with E-state index in [0.717, 1.165) is 26.2 Å². The van der Waals surface area contributed by atoms with E-state index in [9.17, 15) is 9.59 Å². The zero-order chi connectivity index (χ0) is 17.7. The van der Waals surface area contributed by atoms with E-state index in [1.165, 1.54) is 0 Å². The first-order valence-corrected chi connectivity index (χ1v) is 8.78. The normalized spacial score (nSPS) is 10.3. The van der Waals surface area contributed by atoms with Gasteiger partial charge in [0.1, 0.15) is 0 Å². The van der Waals surface area contributed by atoms with Gasteiger partial charge in [-0.3, -0.25) is 9.59 Å². The van der Waals surface area contributed by atoms with E-state index in [4.69, 9.17) is 0 Å². The molecule has 0 N–H and O–H groups in total. The molecule has 0 fully saturated rings. The molecule has 0 spiro atoms. The molecule has 2 amide bonds. The predicted molar refractivity (Wildman–Crippen MR) is 94.8 cm³/mol. The van der Waals surface area contributed by atoms with Crippen LogP contribution in [0.3, 0.4) is 0 Å². The van der Waals surface area contributed by atoms with Crippen molar-refractivity contribution in [1.29, 1.82) is 0 Å². The molecule has 0 heterocycles. The smallest absolute Gasteiger partial charge is 0.222 e. The van der Waals surface area contributed by atoms with Gasteiger partial charge >= 0.3 is 0 Å². The number of hydrogen-bond donors (Lipinski definition) is 0. The van der Waals surface area contributed by atoms with E-state index in [2.05, 4.69) is 27.7 Å². The Hall–Kier alpha value is -1.06. The Morgan fingerprint density at radius 2 is 0.864 bits per heavy atom. The molecule has 0 atom stereocenters. The average Bonchev–Trinajstić information content (AvgIpc) is 2.40. The van der Waals surface area contributed by atoms with Gasteiger partial charge in [-0.15, -0.1) is 0 Å². The van der Waals surface area contributed by atoms with E-state index < -0.39 is 0 Å². The van der Waals surface area contributed by atoms with Crippen molar-refractivity contribution in [3.8, 4) is 0 Å². The third-order valence-corrected chi connectivity index (χ3v) is 3.40. The van der Waals surface area contributed by atoms with Gasteiger partial charge in [-0.2, -0.15) is 0 Å². The minimum atomic E-state index is 0.282. The van der Waals surface area contributed by atoms with Crippen molar-refractivity contribution in [2.75, 3.05) is 26.2 Å². The quantitative estimate of drug-likeness (QED) is 0.683. The van der Waals surface area contributed by atoms with Crippen molar-refractivity contribution in [2.24, 2.45) is 11.8 Å². The van der Waals surface area contributed by atoms with Gasteiger partial charge in [-0.25, -0.2) is 0 Å². The molecule has 0 saturated carbocycles.